The standard InChI is InChI=1S/C16H10N2OS/c17-10-13(11-5-7-18-8-6-11)16(19)15-9-12-3-1-2-4-14(12)20-15/h1-9,13H. The molecular formula is C16H10N2OS. The molecule has 1 atom stereocenters. The highest BCUT2D eigenvalue weighted by molar-refractivity contribution is 7.20. The SMILES string of the molecule is N#CC(C(=O)c1cc2ccccc2s1)c1ccncc1. The molecule has 2 aromatic heterocycles. The predicted octanol–water partition coefficient (Wildman–Crippen LogP) is 3.79. The number of carbonyl (C=O) groups is 1. The fourth-order valence-electron chi connectivity index (χ4n) is 2.09. The first-order valence-electron chi connectivity index (χ1n) is 6.12. The van der Waals surface area contributed by atoms with Crippen molar-refractivity contribution >= 4 is 27.2 Å². The summed E-state index contributed by atoms with van der Waals surface area (Å²) in [6.07, 6.45) is 3.19. The molecule has 1 aromatic carbocycles. The van der Waals surface area contributed by atoms with E-state index in [1.54, 1.807) is 24.5 Å². The van der Waals surface area contributed by atoms with Crippen LogP contribution < -0.4 is 0 Å². The van der Waals surface area contributed by atoms with Crippen molar-refractivity contribution in [3.63, 3.8) is 0 Å². The van der Waals surface area contributed by atoms with Crippen LogP contribution in [0.5, 0.6) is 0 Å². The number of nitriles is 1. The Balaban J connectivity index is 2.01. The molecule has 3 rings (SSSR count). The molecule has 0 aliphatic carbocycles. The number of fused-ring (bicyclic) bond motifs is 1. The fourth-order valence-corrected chi connectivity index (χ4v) is 3.12. The van der Waals surface area contributed by atoms with Crippen LogP contribution in [0.1, 0.15) is 21.2 Å². The molecule has 3 aromatic rings. The van der Waals surface area contributed by atoms with Gasteiger partial charge in [-0.15, -0.1) is 11.3 Å². The highest BCUT2D eigenvalue weighted by Crippen LogP contribution is 2.29. The van der Waals surface area contributed by atoms with E-state index in [0.717, 1.165) is 10.1 Å². The quantitative estimate of drug-likeness (QED) is 0.685. The van der Waals surface area contributed by atoms with Crippen LogP contribution in [-0.2, 0) is 0 Å². The first-order valence-corrected chi connectivity index (χ1v) is 6.93. The van der Waals surface area contributed by atoms with Gasteiger partial charge in [-0.3, -0.25) is 9.78 Å². The molecule has 1 unspecified atom stereocenters. The third kappa shape index (κ3) is 2.20. The molecule has 20 heavy (non-hydrogen) atoms. The Morgan fingerprint density at radius 2 is 1.95 bits per heavy atom. The van der Waals surface area contributed by atoms with Crippen molar-refractivity contribution in [3.8, 4) is 6.07 Å². The summed E-state index contributed by atoms with van der Waals surface area (Å²) < 4.78 is 1.06. The van der Waals surface area contributed by atoms with Gasteiger partial charge in [0.2, 0.25) is 0 Å². The predicted molar refractivity (Wildman–Crippen MR) is 78.7 cm³/mol. The number of ketones is 1. The molecule has 0 fully saturated rings. The molecule has 0 radical (unpaired) electrons. The zero-order valence-corrected chi connectivity index (χ0v) is 11.3. The zero-order chi connectivity index (χ0) is 13.9. The topological polar surface area (TPSA) is 53.8 Å². The zero-order valence-electron chi connectivity index (χ0n) is 10.5. The van der Waals surface area contributed by atoms with E-state index in [1.165, 1.54) is 11.3 Å². The summed E-state index contributed by atoms with van der Waals surface area (Å²) >= 11 is 1.43. The second kappa shape index (κ2) is 5.24. The van der Waals surface area contributed by atoms with E-state index in [0.29, 0.717) is 10.4 Å². The van der Waals surface area contributed by atoms with Gasteiger partial charge in [-0.25, -0.2) is 0 Å². The number of Topliss-reactive ketones (excluding diaryl/α,β-unsaturated/α-hetero) is 1. The number of pyridine rings is 1. The van der Waals surface area contributed by atoms with E-state index in [9.17, 15) is 10.1 Å². The van der Waals surface area contributed by atoms with Gasteiger partial charge in [0.15, 0.2) is 5.78 Å². The number of rotatable bonds is 3. The van der Waals surface area contributed by atoms with Crippen molar-refractivity contribution in [2.45, 2.75) is 5.92 Å². The van der Waals surface area contributed by atoms with E-state index < -0.39 is 5.92 Å². The molecule has 0 bridgehead atoms. The molecule has 96 valence electrons. The lowest BCUT2D eigenvalue weighted by Crippen LogP contribution is -2.09. The van der Waals surface area contributed by atoms with Crippen molar-refractivity contribution in [2.75, 3.05) is 0 Å². The Morgan fingerprint density at radius 1 is 1.20 bits per heavy atom. The Kier molecular flexibility index (Phi) is 3.28. The fraction of sp³-hybridized carbons (Fsp3) is 0.0625. The molecule has 0 spiro atoms. The van der Waals surface area contributed by atoms with Crippen molar-refractivity contribution in [1.82, 2.24) is 4.98 Å². The first kappa shape index (κ1) is 12.5. The van der Waals surface area contributed by atoms with Crippen molar-refractivity contribution < 1.29 is 4.79 Å². The second-order valence-electron chi connectivity index (χ2n) is 4.36. The van der Waals surface area contributed by atoms with Gasteiger partial charge in [0.25, 0.3) is 0 Å². The maximum atomic E-state index is 12.5. The summed E-state index contributed by atoms with van der Waals surface area (Å²) in [5.41, 5.74) is 0.685. The summed E-state index contributed by atoms with van der Waals surface area (Å²) in [6, 6.07) is 15.2. The lowest BCUT2D eigenvalue weighted by atomic mass is 9.96. The Bertz CT molecular complexity index is 769. The lowest BCUT2D eigenvalue weighted by Gasteiger charge is -2.05. The summed E-state index contributed by atoms with van der Waals surface area (Å²) in [7, 11) is 0. The van der Waals surface area contributed by atoms with Crippen LogP contribution in [0.15, 0.2) is 54.9 Å². The third-order valence-corrected chi connectivity index (χ3v) is 4.23. The van der Waals surface area contributed by atoms with Crippen molar-refractivity contribution in [3.05, 3.63) is 65.3 Å². The van der Waals surface area contributed by atoms with Crippen LogP contribution in [0.4, 0.5) is 0 Å². The van der Waals surface area contributed by atoms with Crippen LogP contribution in [0.2, 0.25) is 0 Å². The van der Waals surface area contributed by atoms with Crippen LogP contribution >= 0.6 is 11.3 Å². The number of benzene rings is 1. The van der Waals surface area contributed by atoms with Gasteiger partial charge < -0.3 is 0 Å². The van der Waals surface area contributed by atoms with Gasteiger partial charge in [-0.05, 0) is 35.2 Å². The van der Waals surface area contributed by atoms with Crippen LogP contribution in [0.25, 0.3) is 10.1 Å². The molecule has 0 amide bonds. The smallest absolute Gasteiger partial charge is 0.194 e. The maximum absolute atomic E-state index is 12.5. The minimum absolute atomic E-state index is 0.153. The van der Waals surface area contributed by atoms with Crippen molar-refractivity contribution in [1.29, 1.82) is 5.26 Å². The highest BCUT2D eigenvalue weighted by Gasteiger charge is 2.23. The van der Waals surface area contributed by atoms with E-state index in [2.05, 4.69) is 11.1 Å². The summed E-state index contributed by atoms with van der Waals surface area (Å²) in [4.78, 5) is 17.0. The number of carbonyl (C=O) groups excluding carboxylic acids is 1. The molecule has 0 aliphatic rings. The summed E-state index contributed by atoms with van der Waals surface area (Å²) in [5.74, 6) is -0.925. The van der Waals surface area contributed by atoms with Gasteiger partial charge in [-0.1, -0.05) is 18.2 Å². The summed E-state index contributed by atoms with van der Waals surface area (Å²) in [6.45, 7) is 0. The van der Waals surface area contributed by atoms with Crippen molar-refractivity contribution in [2.24, 2.45) is 0 Å². The highest BCUT2D eigenvalue weighted by atomic mass is 32.1. The normalized spacial score (nSPS) is 11.9. The maximum Gasteiger partial charge on any atom is 0.194 e. The average molecular weight is 278 g/mol. The third-order valence-electron chi connectivity index (χ3n) is 3.10. The number of thiophene rings is 1. The number of hydrogen-bond acceptors (Lipinski definition) is 4. The first-order chi connectivity index (χ1) is 9.79. The second-order valence-corrected chi connectivity index (χ2v) is 5.44. The van der Waals surface area contributed by atoms with Gasteiger partial charge in [-0.2, -0.15) is 5.26 Å². The minimum atomic E-state index is -0.772. The van der Waals surface area contributed by atoms with Crippen LogP contribution in [0, 0.1) is 11.3 Å². The molecule has 0 saturated heterocycles. The number of aromatic nitrogens is 1. The minimum Gasteiger partial charge on any atom is -0.291 e. The Hall–Kier alpha value is -2.51. The molecule has 4 heteroatoms. The van der Waals surface area contributed by atoms with Gasteiger partial charge in [0, 0.05) is 17.1 Å². The molecule has 0 aliphatic heterocycles. The molecule has 0 saturated carbocycles. The summed E-state index contributed by atoms with van der Waals surface area (Å²) in [5, 5.41) is 10.3. The van der Waals surface area contributed by atoms with E-state index in [-0.39, 0.29) is 5.78 Å². The molecular weight excluding hydrogens is 268 g/mol. The average Bonchev–Trinajstić information content (AvgIpc) is 2.93. The van der Waals surface area contributed by atoms with Gasteiger partial charge in [0.05, 0.1) is 10.9 Å². The molecule has 0 N–H and O–H groups in total. The van der Waals surface area contributed by atoms with E-state index in [1.807, 2.05) is 30.3 Å². The molecule has 2 heterocycles. The Labute approximate surface area is 120 Å². The molecule has 3 nitrogen and oxygen atoms in total. The number of nitrogens with zero attached hydrogens (tertiary/aromatic N) is 2. The number of hydrogen-bond donors (Lipinski definition) is 0. The monoisotopic (exact) mass is 278 g/mol. The lowest BCUT2D eigenvalue weighted by molar-refractivity contribution is 0.0983. The van der Waals surface area contributed by atoms with Gasteiger partial charge >= 0.3 is 0 Å². The van der Waals surface area contributed by atoms with E-state index >= 15 is 0 Å². The van der Waals surface area contributed by atoms with E-state index in [4.69, 9.17) is 0 Å². The Morgan fingerprint density at radius 3 is 2.65 bits per heavy atom. The van der Waals surface area contributed by atoms with Crippen LogP contribution in [-0.4, -0.2) is 10.8 Å². The largest absolute Gasteiger partial charge is 0.291 e. The van der Waals surface area contributed by atoms with Crippen LogP contribution in [0.3, 0.4) is 0 Å². The van der Waals surface area contributed by atoms with Gasteiger partial charge in [0.1, 0.15) is 5.92 Å².